The predicted octanol–water partition coefficient (Wildman–Crippen LogP) is 2.44. The van der Waals surface area contributed by atoms with Crippen LogP contribution in [-0.4, -0.2) is 16.9 Å². The van der Waals surface area contributed by atoms with Crippen molar-refractivity contribution >= 4 is 21.6 Å². The van der Waals surface area contributed by atoms with Crippen LogP contribution in [0.4, 0.5) is 5.69 Å². The molecule has 5 heteroatoms. The van der Waals surface area contributed by atoms with Crippen molar-refractivity contribution in [2.24, 2.45) is 7.05 Å². The van der Waals surface area contributed by atoms with Gasteiger partial charge in [-0.2, -0.15) is 5.10 Å². The number of halogens is 1. The average Bonchev–Trinajstić information content (AvgIpc) is 2.59. The lowest BCUT2D eigenvalue weighted by Crippen LogP contribution is -1.98. The van der Waals surface area contributed by atoms with Crippen LogP contribution in [0.1, 0.15) is 0 Å². The fraction of sp³-hybridized carbons (Fsp3) is 0.182. The van der Waals surface area contributed by atoms with Crippen molar-refractivity contribution in [3.63, 3.8) is 0 Å². The van der Waals surface area contributed by atoms with E-state index in [0.29, 0.717) is 5.69 Å². The molecule has 4 nitrogen and oxygen atoms in total. The zero-order valence-electron chi connectivity index (χ0n) is 9.07. The van der Waals surface area contributed by atoms with Crippen LogP contribution in [0, 0.1) is 0 Å². The molecule has 1 aromatic carbocycles. The maximum Gasteiger partial charge on any atom is 0.129 e. The van der Waals surface area contributed by atoms with Crippen molar-refractivity contribution in [1.29, 1.82) is 0 Å². The van der Waals surface area contributed by atoms with Crippen molar-refractivity contribution in [2.45, 2.75) is 0 Å². The first-order valence-electron chi connectivity index (χ1n) is 4.75. The maximum absolute atomic E-state index is 5.88. The molecule has 84 valence electrons. The van der Waals surface area contributed by atoms with Gasteiger partial charge in [0.1, 0.15) is 5.75 Å². The Morgan fingerprint density at radius 1 is 1.44 bits per heavy atom. The van der Waals surface area contributed by atoms with Crippen LogP contribution in [0.3, 0.4) is 0 Å². The molecule has 1 heterocycles. The van der Waals surface area contributed by atoms with Crippen molar-refractivity contribution in [3.8, 4) is 17.0 Å². The number of nitrogens with zero attached hydrogens (tertiary/aromatic N) is 2. The maximum atomic E-state index is 5.88. The molecule has 2 rings (SSSR count). The molecule has 0 amide bonds. The summed E-state index contributed by atoms with van der Waals surface area (Å²) in [4.78, 5) is 0. The van der Waals surface area contributed by atoms with Crippen LogP contribution in [0.25, 0.3) is 11.3 Å². The van der Waals surface area contributed by atoms with Crippen LogP contribution in [0.5, 0.6) is 5.75 Å². The van der Waals surface area contributed by atoms with E-state index in [1.54, 1.807) is 18.0 Å². The lowest BCUT2D eigenvalue weighted by molar-refractivity contribution is 0.416. The van der Waals surface area contributed by atoms with Crippen LogP contribution >= 0.6 is 15.9 Å². The van der Waals surface area contributed by atoms with Gasteiger partial charge in [0.2, 0.25) is 0 Å². The number of hydrogen-bond acceptors (Lipinski definition) is 3. The van der Waals surface area contributed by atoms with E-state index in [4.69, 9.17) is 10.5 Å². The van der Waals surface area contributed by atoms with E-state index in [1.807, 2.05) is 25.2 Å². The van der Waals surface area contributed by atoms with E-state index in [1.165, 1.54) is 0 Å². The first-order chi connectivity index (χ1) is 7.63. The minimum absolute atomic E-state index is 0.642. The lowest BCUT2D eigenvalue weighted by Gasteiger charge is -2.10. The molecule has 0 bridgehead atoms. The molecule has 0 aliphatic rings. The van der Waals surface area contributed by atoms with Crippen LogP contribution in [0.15, 0.2) is 28.9 Å². The largest absolute Gasteiger partial charge is 0.496 e. The quantitative estimate of drug-likeness (QED) is 0.920. The molecule has 1 aromatic heterocycles. The first kappa shape index (κ1) is 11.0. The van der Waals surface area contributed by atoms with E-state index >= 15 is 0 Å². The summed E-state index contributed by atoms with van der Waals surface area (Å²) in [6.07, 6.45) is 1.64. The molecule has 2 N–H and O–H groups in total. The van der Waals surface area contributed by atoms with Crippen molar-refractivity contribution in [3.05, 3.63) is 28.9 Å². The molecule has 0 aliphatic carbocycles. The van der Waals surface area contributed by atoms with Crippen LogP contribution in [-0.2, 0) is 7.05 Å². The second-order valence-electron chi connectivity index (χ2n) is 3.42. The van der Waals surface area contributed by atoms with Crippen LogP contribution < -0.4 is 10.5 Å². The number of hydrogen-bond donors (Lipinski definition) is 1. The molecule has 0 unspecified atom stereocenters. The summed E-state index contributed by atoms with van der Waals surface area (Å²) < 4.78 is 8.04. The number of nitrogens with two attached hydrogens (primary N) is 1. The van der Waals surface area contributed by atoms with Gasteiger partial charge in [0.25, 0.3) is 0 Å². The molecular formula is C11H12BrN3O. The van der Waals surface area contributed by atoms with Gasteiger partial charge in [-0.15, -0.1) is 0 Å². The van der Waals surface area contributed by atoms with Crippen molar-refractivity contribution < 1.29 is 4.74 Å². The number of rotatable bonds is 2. The first-order valence-corrected chi connectivity index (χ1v) is 5.54. The summed E-state index contributed by atoms with van der Waals surface area (Å²) in [6, 6.07) is 5.81. The second kappa shape index (κ2) is 4.17. The number of ether oxygens (including phenoxy) is 1. The molecular weight excluding hydrogens is 270 g/mol. The molecule has 0 radical (unpaired) electrons. The van der Waals surface area contributed by atoms with Gasteiger partial charge in [-0.3, -0.25) is 4.68 Å². The predicted molar refractivity (Wildman–Crippen MR) is 67.3 cm³/mol. The molecule has 0 saturated heterocycles. The molecule has 0 fully saturated rings. The Kier molecular flexibility index (Phi) is 2.87. The van der Waals surface area contributed by atoms with E-state index in [0.717, 1.165) is 21.5 Å². The van der Waals surface area contributed by atoms with E-state index in [-0.39, 0.29) is 0 Å². The van der Waals surface area contributed by atoms with Gasteiger partial charge in [0.15, 0.2) is 0 Å². The Balaban J connectivity index is 2.64. The second-order valence-corrected chi connectivity index (χ2v) is 4.33. The zero-order chi connectivity index (χ0) is 11.7. The standard InChI is InChI=1S/C11H12BrN3O/c1-15-11(9(13)6-14-15)8-4-3-7(12)5-10(8)16-2/h3-6H,13H2,1-2H3. The summed E-state index contributed by atoms with van der Waals surface area (Å²) >= 11 is 3.40. The molecule has 2 aromatic rings. The molecule has 0 atom stereocenters. The van der Waals surface area contributed by atoms with E-state index in [9.17, 15) is 0 Å². The number of anilines is 1. The minimum Gasteiger partial charge on any atom is -0.496 e. The lowest BCUT2D eigenvalue weighted by atomic mass is 10.1. The topological polar surface area (TPSA) is 53.1 Å². The van der Waals surface area contributed by atoms with E-state index < -0.39 is 0 Å². The van der Waals surface area contributed by atoms with Gasteiger partial charge in [0, 0.05) is 17.1 Å². The van der Waals surface area contributed by atoms with Gasteiger partial charge < -0.3 is 10.5 Å². The number of benzene rings is 1. The summed E-state index contributed by atoms with van der Waals surface area (Å²) in [5.74, 6) is 0.768. The van der Waals surface area contributed by atoms with E-state index in [2.05, 4.69) is 21.0 Å². The summed E-state index contributed by atoms with van der Waals surface area (Å²) in [5.41, 5.74) is 8.32. The van der Waals surface area contributed by atoms with Gasteiger partial charge in [-0.1, -0.05) is 15.9 Å². The highest BCUT2D eigenvalue weighted by Gasteiger charge is 2.13. The zero-order valence-corrected chi connectivity index (χ0v) is 10.7. The number of nitrogen functional groups attached to an aromatic ring is 1. The smallest absolute Gasteiger partial charge is 0.129 e. The fourth-order valence-corrected chi connectivity index (χ4v) is 1.99. The normalized spacial score (nSPS) is 10.4. The Morgan fingerprint density at radius 3 is 2.75 bits per heavy atom. The van der Waals surface area contributed by atoms with Gasteiger partial charge in [-0.25, -0.2) is 0 Å². The number of aromatic nitrogens is 2. The highest BCUT2D eigenvalue weighted by Crippen LogP contribution is 2.34. The fourth-order valence-electron chi connectivity index (χ4n) is 1.65. The summed E-state index contributed by atoms with van der Waals surface area (Å²) in [6.45, 7) is 0. The average molecular weight is 282 g/mol. The highest BCUT2D eigenvalue weighted by atomic mass is 79.9. The van der Waals surface area contributed by atoms with Crippen molar-refractivity contribution in [1.82, 2.24) is 9.78 Å². The molecule has 16 heavy (non-hydrogen) atoms. The minimum atomic E-state index is 0.642. The third-order valence-corrected chi connectivity index (χ3v) is 2.88. The highest BCUT2D eigenvalue weighted by molar-refractivity contribution is 9.10. The Hall–Kier alpha value is -1.49. The third kappa shape index (κ3) is 1.78. The monoisotopic (exact) mass is 281 g/mol. The van der Waals surface area contributed by atoms with Gasteiger partial charge in [-0.05, 0) is 18.2 Å². The number of aryl methyl sites for hydroxylation is 1. The Labute approximate surface area is 102 Å². The third-order valence-electron chi connectivity index (χ3n) is 2.39. The van der Waals surface area contributed by atoms with Gasteiger partial charge in [0.05, 0.1) is 24.7 Å². The SMILES string of the molecule is COc1cc(Br)ccc1-c1c(N)cnn1C. The number of methoxy groups -OCH3 is 1. The summed E-state index contributed by atoms with van der Waals surface area (Å²) in [5, 5.41) is 4.11. The van der Waals surface area contributed by atoms with Crippen molar-refractivity contribution in [2.75, 3.05) is 12.8 Å². The Morgan fingerprint density at radius 2 is 2.19 bits per heavy atom. The molecule has 0 aliphatic heterocycles. The van der Waals surface area contributed by atoms with Crippen LogP contribution in [0.2, 0.25) is 0 Å². The van der Waals surface area contributed by atoms with Gasteiger partial charge >= 0.3 is 0 Å². The Bertz CT molecular complexity index is 502. The molecule has 0 spiro atoms. The summed E-state index contributed by atoms with van der Waals surface area (Å²) in [7, 11) is 3.49. The molecule has 0 saturated carbocycles.